The van der Waals surface area contributed by atoms with Gasteiger partial charge in [0.25, 0.3) is 0 Å². The third-order valence-corrected chi connectivity index (χ3v) is 4.44. The van der Waals surface area contributed by atoms with Crippen molar-refractivity contribution in [1.29, 1.82) is 0 Å². The summed E-state index contributed by atoms with van der Waals surface area (Å²) >= 11 is 0. The first-order chi connectivity index (χ1) is 18.9. The van der Waals surface area contributed by atoms with E-state index >= 15 is 0 Å². The molecule has 0 aliphatic heterocycles. The number of carboxylic acid groups (broad SMARTS) is 6. The van der Waals surface area contributed by atoms with Gasteiger partial charge < -0.3 is 121 Å². The number of aliphatic hydroxyl groups is 12. The van der Waals surface area contributed by atoms with Crippen LogP contribution in [0.25, 0.3) is 0 Å². The molecule has 12 N–H and O–H groups in total. The van der Waals surface area contributed by atoms with Crippen LogP contribution in [0.2, 0.25) is 0 Å². The van der Waals surface area contributed by atoms with Crippen LogP contribution >= 0.6 is 0 Å². The maximum Gasteiger partial charge on any atom is 4.00 e. The molecule has 0 heterocycles. The van der Waals surface area contributed by atoms with Crippen molar-refractivity contribution in [3.63, 3.8) is 0 Å². The second kappa shape index (κ2) is 28.3. The quantitative estimate of drug-likeness (QED) is 0.0685. The average molecular weight is 794 g/mol. The largest absolute Gasteiger partial charge is 4.00 e. The maximum atomic E-state index is 9.96. The standard InChI is InChI=1S/3C6H10O8.2K.Zr/c3*7-1(3(9)5(11)12)2(8)4(10)6(13)14;;;/h3*1-4,7-10H,(H,11,12)(H,13,14);;;/q;;;2*+1;+4/p-6/t3*1-,2-,3-,4+;;;/m000.../s1. The minimum atomic E-state index is -2.50. The van der Waals surface area contributed by atoms with Gasteiger partial charge in [-0.1, -0.05) is 0 Å². The van der Waals surface area contributed by atoms with E-state index in [9.17, 15) is 59.4 Å². The molecule has 0 aliphatic carbocycles. The first-order valence-electron chi connectivity index (χ1n) is 10.3. The van der Waals surface area contributed by atoms with Crippen molar-refractivity contribution in [3.05, 3.63) is 0 Å². The molecule has 0 spiro atoms. The van der Waals surface area contributed by atoms with Crippen LogP contribution in [0.15, 0.2) is 0 Å². The minimum absolute atomic E-state index is 0. The zero-order valence-electron chi connectivity index (χ0n) is 22.7. The summed E-state index contributed by atoms with van der Waals surface area (Å²) in [5.74, 6) is -12.7. The Labute approximate surface area is 353 Å². The molecule has 0 aromatic rings. The van der Waals surface area contributed by atoms with Crippen LogP contribution in [0, 0.1) is 0 Å². The molecule has 0 aromatic heterocycles. The van der Waals surface area contributed by atoms with Crippen molar-refractivity contribution >= 4 is 35.8 Å². The summed E-state index contributed by atoms with van der Waals surface area (Å²) in [4.78, 5) is 59.8. The van der Waals surface area contributed by atoms with Gasteiger partial charge in [0.2, 0.25) is 0 Å². The number of rotatable bonds is 15. The van der Waals surface area contributed by atoms with Crippen LogP contribution in [0.4, 0.5) is 0 Å². The van der Waals surface area contributed by atoms with Crippen molar-refractivity contribution in [1.82, 2.24) is 0 Å². The smallest absolute Gasteiger partial charge is 0.547 e. The van der Waals surface area contributed by atoms with Gasteiger partial charge in [-0.25, -0.2) is 0 Å². The van der Waals surface area contributed by atoms with Crippen molar-refractivity contribution in [2.45, 2.75) is 73.2 Å². The van der Waals surface area contributed by atoms with Crippen molar-refractivity contribution in [3.8, 4) is 0 Å². The van der Waals surface area contributed by atoms with Crippen LogP contribution < -0.4 is 133 Å². The molecule has 0 unspecified atom stereocenters. The molecular weight excluding hydrogens is 770 g/mol. The topological polar surface area (TPSA) is 484 Å². The first kappa shape index (κ1) is 57.7. The summed E-state index contributed by atoms with van der Waals surface area (Å²) in [6.45, 7) is 0. The Hall–Kier alpha value is 0.496. The summed E-state index contributed by atoms with van der Waals surface area (Å²) in [7, 11) is 0. The Morgan fingerprint density at radius 2 is 0.356 bits per heavy atom. The number of hydrogen-bond acceptors (Lipinski definition) is 24. The number of hydrogen-bond donors (Lipinski definition) is 12. The monoisotopic (exact) mass is 792 g/mol. The maximum absolute atomic E-state index is 9.96. The number of aliphatic carboxylic acids is 6. The molecule has 24 nitrogen and oxygen atoms in total. The van der Waals surface area contributed by atoms with Crippen molar-refractivity contribution in [2.75, 3.05) is 0 Å². The number of aliphatic hydroxyl groups excluding tert-OH is 12. The molecule has 0 saturated carbocycles. The fourth-order valence-electron chi connectivity index (χ4n) is 1.96. The van der Waals surface area contributed by atoms with E-state index in [1.54, 1.807) is 0 Å². The normalized spacial score (nSPS) is 18.1. The summed E-state index contributed by atoms with van der Waals surface area (Å²) in [5, 5.41) is 164. The van der Waals surface area contributed by atoms with Crippen LogP contribution in [0.1, 0.15) is 0 Å². The van der Waals surface area contributed by atoms with Crippen LogP contribution in [0.3, 0.4) is 0 Å². The van der Waals surface area contributed by atoms with E-state index in [0.29, 0.717) is 0 Å². The van der Waals surface area contributed by atoms with Crippen LogP contribution in [0.5, 0.6) is 0 Å². The van der Waals surface area contributed by atoms with E-state index in [-0.39, 0.29) is 129 Å². The molecule has 45 heavy (non-hydrogen) atoms. The van der Waals surface area contributed by atoms with Crippen LogP contribution in [-0.2, 0) is 55.0 Å². The van der Waals surface area contributed by atoms with Crippen LogP contribution in [-0.4, -0.2) is 170 Å². The number of carboxylic acids is 6. The van der Waals surface area contributed by atoms with E-state index in [1.807, 2.05) is 0 Å². The van der Waals surface area contributed by atoms with Gasteiger partial charge in [-0.3, -0.25) is 0 Å². The molecule has 27 heteroatoms. The molecule has 0 fully saturated rings. The Morgan fingerprint density at radius 1 is 0.289 bits per heavy atom. The van der Waals surface area contributed by atoms with Gasteiger partial charge in [0.05, 0.1) is 35.8 Å². The predicted octanol–water partition coefficient (Wildman–Crippen LogP) is -24.2. The SMILES string of the molecule is O=C([O-])[C@@H](O)[C@@H](O)[C@H](O)[C@@H](O)C(=O)[O-].O=C([O-])[C@@H](O)[C@@H](O)[C@H](O)[C@@H](O)C(=O)[O-].O=C([O-])[C@@H](O)[C@@H](O)[C@H](O)[C@@H](O)C(=O)[O-].[K+].[K+].[Zr+4]. The fourth-order valence-corrected chi connectivity index (χ4v) is 1.96. The molecular formula is C18H24K2O24Zr. The Balaban J connectivity index is -0.000000123. The second-order valence-corrected chi connectivity index (χ2v) is 7.53. The number of carbonyl (C=O) groups is 6. The third-order valence-electron chi connectivity index (χ3n) is 4.44. The molecule has 246 valence electrons. The molecule has 0 rings (SSSR count). The van der Waals surface area contributed by atoms with Gasteiger partial charge in [0, 0.05) is 0 Å². The van der Waals surface area contributed by atoms with Gasteiger partial charge in [0.1, 0.15) is 73.2 Å². The third kappa shape index (κ3) is 22.0. The molecule has 0 bridgehead atoms. The molecule has 12 atom stereocenters. The molecule has 0 aliphatic rings. The first-order valence-corrected chi connectivity index (χ1v) is 10.3. The van der Waals surface area contributed by atoms with E-state index < -0.39 is 109 Å². The Bertz CT molecular complexity index is 738. The van der Waals surface area contributed by atoms with Gasteiger partial charge >= 0.3 is 129 Å². The molecule has 0 saturated heterocycles. The minimum Gasteiger partial charge on any atom is -0.547 e. The summed E-state index contributed by atoms with van der Waals surface area (Å²) in [5.41, 5.74) is 0. The summed E-state index contributed by atoms with van der Waals surface area (Å²) in [6.07, 6.45) is -29.3. The van der Waals surface area contributed by atoms with Crippen molar-refractivity contribution in [2.24, 2.45) is 0 Å². The zero-order valence-corrected chi connectivity index (χ0v) is 31.4. The Kier molecular flexibility index (Phi) is 36.4. The second-order valence-electron chi connectivity index (χ2n) is 7.53. The van der Waals surface area contributed by atoms with Gasteiger partial charge in [-0.15, -0.1) is 0 Å². The molecule has 0 aromatic carbocycles. The van der Waals surface area contributed by atoms with E-state index in [4.69, 9.17) is 61.3 Å². The van der Waals surface area contributed by atoms with E-state index in [0.717, 1.165) is 0 Å². The van der Waals surface area contributed by atoms with E-state index in [2.05, 4.69) is 0 Å². The van der Waals surface area contributed by atoms with E-state index in [1.165, 1.54) is 0 Å². The molecule has 0 radical (unpaired) electrons. The average Bonchev–Trinajstić information content (AvgIpc) is 2.92. The van der Waals surface area contributed by atoms with Gasteiger partial charge in [0.15, 0.2) is 0 Å². The fraction of sp³-hybridized carbons (Fsp3) is 0.667. The number of carbonyl (C=O) groups excluding carboxylic acids is 6. The Morgan fingerprint density at radius 3 is 0.400 bits per heavy atom. The summed E-state index contributed by atoms with van der Waals surface area (Å²) in [6, 6.07) is 0. The zero-order chi connectivity index (χ0) is 34.4. The van der Waals surface area contributed by atoms with Gasteiger partial charge in [-0.05, 0) is 0 Å². The predicted molar refractivity (Wildman–Crippen MR) is 102 cm³/mol. The molecule has 0 amide bonds. The van der Waals surface area contributed by atoms with Crippen molar-refractivity contribution < 1.29 is 250 Å². The summed E-state index contributed by atoms with van der Waals surface area (Å²) < 4.78 is 0. The van der Waals surface area contributed by atoms with Gasteiger partial charge in [-0.2, -0.15) is 0 Å².